The molecule has 6 heteroatoms. The summed E-state index contributed by atoms with van der Waals surface area (Å²) in [5.74, 6) is 0.145. The van der Waals surface area contributed by atoms with Gasteiger partial charge in [0.15, 0.2) is 0 Å². The van der Waals surface area contributed by atoms with Crippen LogP contribution in [0.3, 0.4) is 0 Å². The van der Waals surface area contributed by atoms with Crippen molar-refractivity contribution in [2.24, 2.45) is 0 Å². The summed E-state index contributed by atoms with van der Waals surface area (Å²) < 4.78 is 4.81. The maximum atomic E-state index is 13.5. The minimum absolute atomic E-state index is 0.0363. The predicted octanol–water partition coefficient (Wildman–Crippen LogP) is 6.49. The van der Waals surface area contributed by atoms with Crippen LogP contribution >= 0.6 is 0 Å². The van der Waals surface area contributed by atoms with Crippen LogP contribution in [0, 0.1) is 6.92 Å². The van der Waals surface area contributed by atoms with Gasteiger partial charge in [-0.05, 0) is 85.8 Å². The van der Waals surface area contributed by atoms with Crippen molar-refractivity contribution in [1.82, 2.24) is 4.90 Å². The number of carbonyl (C=O) groups is 2. The van der Waals surface area contributed by atoms with Crippen LogP contribution in [0.2, 0.25) is 0 Å². The molecule has 1 N–H and O–H groups in total. The van der Waals surface area contributed by atoms with E-state index in [9.17, 15) is 9.59 Å². The number of rotatable bonds is 5. The summed E-state index contributed by atoms with van der Waals surface area (Å²) in [6.07, 6.45) is 1.99. The second-order valence-corrected chi connectivity index (χ2v) is 11.1. The van der Waals surface area contributed by atoms with Crippen LogP contribution in [0.5, 0.6) is 0 Å². The van der Waals surface area contributed by atoms with Gasteiger partial charge in [0.25, 0.3) is 0 Å². The number of nitrogens with zero attached hydrogens (tertiary/aromatic N) is 2. The fourth-order valence-electron chi connectivity index (χ4n) is 5.80. The third-order valence-corrected chi connectivity index (χ3v) is 8.14. The standard InChI is InChI=1S/C32H37N3O3/c1-22(2)25-10-12-27(13-11-25)33-31(37)35-21-32(28-19-23(3)5-14-29(28)35)15-17-34(18-16-32)20-24-6-8-26(9-7-24)30(36)38-4/h5-14,19,22H,15-18,20-21H2,1-4H3,(H,33,37). The summed E-state index contributed by atoms with van der Waals surface area (Å²) in [6.45, 7) is 9.92. The smallest absolute Gasteiger partial charge is 0.337 e. The maximum Gasteiger partial charge on any atom is 0.337 e. The molecule has 1 spiro atoms. The number of esters is 1. The van der Waals surface area contributed by atoms with Crippen molar-refractivity contribution in [3.8, 4) is 0 Å². The summed E-state index contributed by atoms with van der Waals surface area (Å²) in [5, 5.41) is 3.13. The number of likely N-dealkylation sites (tertiary alicyclic amines) is 1. The molecule has 6 nitrogen and oxygen atoms in total. The number of carbonyl (C=O) groups excluding carboxylic acids is 2. The van der Waals surface area contributed by atoms with Crippen molar-refractivity contribution in [2.45, 2.75) is 51.5 Å². The monoisotopic (exact) mass is 511 g/mol. The molecule has 38 heavy (non-hydrogen) atoms. The van der Waals surface area contributed by atoms with Gasteiger partial charge in [-0.15, -0.1) is 0 Å². The zero-order valence-corrected chi connectivity index (χ0v) is 22.8. The molecule has 0 saturated carbocycles. The van der Waals surface area contributed by atoms with Gasteiger partial charge in [0.05, 0.1) is 12.7 Å². The van der Waals surface area contributed by atoms with E-state index in [0.717, 1.165) is 43.9 Å². The third kappa shape index (κ3) is 5.18. The maximum absolute atomic E-state index is 13.5. The molecule has 2 aliphatic heterocycles. The quantitative estimate of drug-likeness (QED) is 0.398. The Morgan fingerprint density at radius 2 is 1.66 bits per heavy atom. The van der Waals surface area contributed by atoms with Gasteiger partial charge in [-0.25, -0.2) is 9.59 Å². The highest BCUT2D eigenvalue weighted by atomic mass is 16.5. The van der Waals surface area contributed by atoms with Crippen LogP contribution in [0.1, 0.15) is 65.2 Å². The fraction of sp³-hybridized carbons (Fsp3) is 0.375. The number of hydrogen-bond donors (Lipinski definition) is 1. The van der Waals surface area contributed by atoms with Gasteiger partial charge >= 0.3 is 12.0 Å². The number of methoxy groups -OCH3 is 1. The van der Waals surface area contributed by atoms with Gasteiger partial charge in [0, 0.05) is 29.9 Å². The van der Waals surface area contributed by atoms with Crippen LogP contribution in [0.25, 0.3) is 0 Å². The van der Waals surface area contributed by atoms with E-state index in [-0.39, 0.29) is 17.4 Å². The Labute approximate surface area is 225 Å². The summed E-state index contributed by atoms with van der Waals surface area (Å²) in [4.78, 5) is 29.6. The molecule has 2 aliphatic rings. The Balaban J connectivity index is 1.28. The number of anilines is 2. The molecular weight excluding hydrogens is 474 g/mol. The molecule has 2 heterocycles. The van der Waals surface area contributed by atoms with E-state index in [1.807, 2.05) is 41.3 Å². The fourth-order valence-corrected chi connectivity index (χ4v) is 5.80. The molecule has 1 fully saturated rings. The lowest BCUT2D eigenvalue weighted by Crippen LogP contribution is -2.46. The Hall–Kier alpha value is -3.64. The molecule has 2 amide bonds. The molecule has 0 aliphatic carbocycles. The molecule has 0 radical (unpaired) electrons. The number of piperidine rings is 1. The number of fused-ring (bicyclic) bond motifs is 2. The minimum atomic E-state index is -0.312. The topological polar surface area (TPSA) is 61.9 Å². The van der Waals surface area contributed by atoms with Crippen molar-refractivity contribution in [2.75, 3.05) is 37.0 Å². The molecule has 0 aromatic heterocycles. The van der Waals surface area contributed by atoms with Gasteiger partial charge in [-0.2, -0.15) is 0 Å². The van der Waals surface area contributed by atoms with Crippen LogP contribution in [-0.4, -0.2) is 43.6 Å². The highest BCUT2D eigenvalue weighted by Gasteiger charge is 2.46. The molecule has 3 aromatic rings. The van der Waals surface area contributed by atoms with Crippen molar-refractivity contribution in [3.63, 3.8) is 0 Å². The molecular formula is C32H37N3O3. The van der Waals surface area contributed by atoms with Gasteiger partial charge in [-0.3, -0.25) is 9.80 Å². The SMILES string of the molecule is COC(=O)c1ccc(CN2CCC3(CC2)CN(C(=O)Nc2ccc(C(C)C)cc2)c2ccc(C)cc23)cc1. The van der Waals surface area contributed by atoms with E-state index in [0.29, 0.717) is 18.0 Å². The average Bonchev–Trinajstić information content (AvgIpc) is 3.23. The first-order chi connectivity index (χ1) is 18.3. The highest BCUT2D eigenvalue weighted by Crippen LogP contribution is 2.47. The van der Waals surface area contributed by atoms with Crippen molar-refractivity contribution in [1.29, 1.82) is 0 Å². The third-order valence-electron chi connectivity index (χ3n) is 8.14. The van der Waals surface area contributed by atoms with Crippen LogP contribution in [0.4, 0.5) is 16.2 Å². The summed E-state index contributed by atoms with van der Waals surface area (Å²) in [7, 11) is 1.40. The Morgan fingerprint density at radius 3 is 2.29 bits per heavy atom. The van der Waals surface area contributed by atoms with E-state index in [4.69, 9.17) is 4.74 Å². The van der Waals surface area contributed by atoms with Crippen LogP contribution in [0.15, 0.2) is 66.7 Å². The number of benzene rings is 3. The van der Waals surface area contributed by atoms with Crippen molar-refractivity contribution < 1.29 is 14.3 Å². The molecule has 3 aromatic carbocycles. The van der Waals surface area contributed by atoms with Gasteiger partial charge in [0.1, 0.15) is 0 Å². The Bertz CT molecular complexity index is 1310. The number of urea groups is 1. The first kappa shape index (κ1) is 26.0. The first-order valence-corrected chi connectivity index (χ1v) is 13.5. The summed E-state index contributed by atoms with van der Waals surface area (Å²) >= 11 is 0. The lowest BCUT2D eigenvalue weighted by molar-refractivity contribution is 0.0600. The normalized spacial score (nSPS) is 16.5. The lowest BCUT2D eigenvalue weighted by Gasteiger charge is -2.40. The number of amides is 2. The van der Waals surface area contributed by atoms with Gasteiger partial charge < -0.3 is 10.1 Å². The zero-order valence-electron chi connectivity index (χ0n) is 22.8. The number of aryl methyl sites for hydroxylation is 1. The van der Waals surface area contributed by atoms with E-state index >= 15 is 0 Å². The highest BCUT2D eigenvalue weighted by molar-refractivity contribution is 6.03. The molecule has 0 unspecified atom stereocenters. The zero-order chi connectivity index (χ0) is 26.9. The van der Waals surface area contributed by atoms with Crippen LogP contribution < -0.4 is 10.2 Å². The van der Waals surface area contributed by atoms with Crippen molar-refractivity contribution in [3.05, 3.63) is 94.5 Å². The van der Waals surface area contributed by atoms with Crippen LogP contribution in [-0.2, 0) is 16.7 Å². The average molecular weight is 512 g/mol. The lowest BCUT2D eigenvalue weighted by atomic mass is 9.74. The van der Waals surface area contributed by atoms with E-state index in [1.54, 1.807) is 0 Å². The van der Waals surface area contributed by atoms with E-state index in [2.05, 4.69) is 61.3 Å². The molecule has 1 saturated heterocycles. The van der Waals surface area contributed by atoms with E-state index < -0.39 is 0 Å². The van der Waals surface area contributed by atoms with E-state index in [1.165, 1.54) is 29.4 Å². The number of hydrogen-bond acceptors (Lipinski definition) is 4. The largest absolute Gasteiger partial charge is 0.465 e. The summed E-state index contributed by atoms with van der Waals surface area (Å²) in [6, 6.07) is 22.2. The minimum Gasteiger partial charge on any atom is -0.465 e. The second kappa shape index (κ2) is 10.6. The first-order valence-electron chi connectivity index (χ1n) is 13.5. The predicted molar refractivity (Wildman–Crippen MR) is 152 cm³/mol. The molecule has 5 rings (SSSR count). The Kier molecular flexibility index (Phi) is 7.26. The second-order valence-electron chi connectivity index (χ2n) is 11.1. The van der Waals surface area contributed by atoms with Gasteiger partial charge in [0.2, 0.25) is 0 Å². The Morgan fingerprint density at radius 1 is 0.974 bits per heavy atom. The number of ether oxygens (including phenoxy) is 1. The number of nitrogens with one attached hydrogen (secondary N) is 1. The van der Waals surface area contributed by atoms with Gasteiger partial charge in [-0.1, -0.05) is 55.8 Å². The molecule has 198 valence electrons. The molecule has 0 atom stereocenters. The molecule has 0 bridgehead atoms. The summed E-state index contributed by atoms with van der Waals surface area (Å²) in [5.41, 5.74) is 7.34. The van der Waals surface area contributed by atoms with Crippen molar-refractivity contribution >= 4 is 23.4 Å².